The van der Waals surface area contributed by atoms with Gasteiger partial charge >= 0.3 is 0 Å². The van der Waals surface area contributed by atoms with Crippen LogP contribution in [-0.4, -0.2) is 31.2 Å². The molecule has 0 saturated carbocycles. The van der Waals surface area contributed by atoms with Crippen molar-refractivity contribution in [3.05, 3.63) is 28.2 Å². The molecule has 1 aromatic carbocycles. The molecule has 104 valence electrons. The molecule has 7 heteroatoms. The lowest BCUT2D eigenvalue weighted by molar-refractivity contribution is -0.130. The standard InChI is InChI=1S/C12H13BrF2N2O2/c1-12(5-16-6-12)19-4-11(18)17-10-3-8(14)7(13)2-9(10)15/h2-3,16H,4-6H2,1H3,(H,17,18). The van der Waals surface area contributed by atoms with Gasteiger partial charge in [-0.15, -0.1) is 0 Å². The van der Waals surface area contributed by atoms with Crippen LogP contribution in [0.2, 0.25) is 0 Å². The molecule has 1 aliphatic rings. The van der Waals surface area contributed by atoms with Crippen molar-refractivity contribution in [1.82, 2.24) is 5.32 Å². The third-order valence-electron chi connectivity index (χ3n) is 2.83. The van der Waals surface area contributed by atoms with Crippen molar-refractivity contribution in [2.45, 2.75) is 12.5 Å². The number of hydrogen-bond acceptors (Lipinski definition) is 3. The first-order chi connectivity index (χ1) is 8.89. The van der Waals surface area contributed by atoms with Gasteiger partial charge in [0.25, 0.3) is 0 Å². The van der Waals surface area contributed by atoms with Crippen LogP contribution in [0.15, 0.2) is 16.6 Å². The summed E-state index contributed by atoms with van der Waals surface area (Å²) in [7, 11) is 0. The molecule has 0 atom stereocenters. The molecule has 2 N–H and O–H groups in total. The van der Waals surface area contributed by atoms with Crippen LogP contribution < -0.4 is 10.6 Å². The smallest absolute Gasteiger partial charge is 0.250 e. The van der Waals surface area contributed by atoms with E-state index in [0.717, 1.165) is 12.1 Å². The van der Waals surface area contributed by atoms with E-state index in [-0.39, 0.29) is 22.4 Å². The van der Waals surface area contributed by atoms with Gasteiger partial charge in [-0.25, -0.2) is 8.78 Å². The average molecular weight is 335 g/mol. The van der Waals surface area contributed by atoms with Crippen molar-refractivity contribution < 1.29 is 18.3 Å². The number of rotatable bonds is 4. The predicted molar refractivity (Wildman–Crippen MR) is 69.9 cm³/mol. The Morgan fingerprint density at radius 1 is 1.47 bits per heavy atom. The molecule has 1 fully saturated rings. The van der Waals surface area contributed by atoms with Gasteiger partial charge in [0.05, 0.1) is 15.8 Å². The Bertz CT molecular complexity index is 507. The Morgan fingerprint density at radius 2 is 2.16 bits per heavy atom. The van der Waals surface area contributed by atoms with Crippen LogP contribution in [-0.2, 0) is 9.53 Å². The van der Waals surface area contributed by atoms with E-state index >= 15 is 0 Å². The molecule has 2 rings (SSSR count). The van der Waals surface area contributed by atoms with Gasteiger partial charge < -0.3 is 15.4 Å². The van der Waals surface area contributed by atoms with Crippen molar-refractivity contribution >= 4 is 27.5 Å². The zero-order valence-corrected chi connectivity index (χ0v) is 11.8. The number of carbonyl (C=O) groups is 1. The third-order valence-corrected chi connectivity index (χ3v) is 3.44. The SMILES string of the molecule is CC1(OCC(=O)Nc2cc(F)c(Br)cc2F)CNC1. The molecule has 0 bridgehead atoms. The molecule has 19 heavy (non-hydrogen) atoms. The number of carbonyl (C=O) groups excluding carboxylic acids is 1. The molecule has 0 aliphatic carbocycles. The van der Waals surface area contributed by atoms with Crippen LogP contribution in [0.1, 0.15) is 6.92 Å². The molecular weight excluding hydrogens is 322 g/mol. The number of ether oxygens (including phenoxy) is 1. The van der Waals surface area contributed by atoms with Gasteiger partial charge in [0, 0.05) is 19.2 Å². The molecule has 1 amide bonds. The van der Waals surface area contributed by atoms with Crippen molar-refractivity contribution in [1.29, 1.82) is 0 Å². The van der Waals surface area contributed by atoms with Gasteiger partial charge in [-0.3, -0.25) is 4.79 Å². The third kappa shape index (κ3) is 3.49. The molecular formula is C12H13BrF2N2O2. The van der Waals surface area contributed by atoms with E-state index < -0.39 is 17.5 Å². The zero-order valence-electron chi connectivity index (χ0n) is 10.2. The van der Waals surface area contributed by atoms with E-state index in [1.807, 2.05) is 6.92 Å². The molecule has 0 radical (unpaired) electrons. The summed E-state index contributed by atoms with van der Waals surface area (Å²) in [4.78, 5) is 11.6. The minimum Gasteiger partial charge on any atom is -0.363 e. The lowest BCUT2D eigenvalue weighted by atomic mass is 10.0. The summed E-state index contributed by atoms with van der Waals surface area (Å²) >= 11 is 2.86. The maximum atomic E-state index is 13.5. The molecule has 1 saturated heterocycles. The summed E-state index contributed by atoms with van der Waals surface area (Å²) in [5.74, 6) is -1.88. The highest BCUT2D eigenvalue weighted by atomic mass is 79.9. The Balaban J connectivity index is 1.93. The largest absolute Gasteiger partial charge is 0.363 e. The fraction of sp³-hybridized carbons (Fsp3) is 0.417. The Morgan fingerprint density at radius 3 is 2.74 bits per heavy atom. The first-order valence-corrected chi connectivity index (χ1v) is 6.48. The predicted octanol–water partition coefficient (Wildman–Crippen LogP) is 2.04. The highest BCUT2D eigenvalue weighted by Crippen LogP contribution is 2.23. The minimum absolute atomic E-state index is 0.00676. The van der Waals surface area contributed by atoms with Gasteiger partial charge in [-0.2, -0.15) is 0 Å². The summed E-state index contributed by atoms with van der Waals surface area (Å²) in [5.41, 5.74) is -0.563. The first-order valence-electron chi connectivity index (χ1n) is 5.69. The highest BCUT2D eigenvalue weighted by molar-refractivity contribution is 9.10. The quantitative estimate of drug-likeness (QED) is 0.828. The van der Waals surface area contributed by atoms with E-state index in [2.05, 4.69) is 26.6 Å². The Labute approximate surface area is 117 Å². The molecule has 1 aromatic rings. The lowest BCUT2D eigenvalue weighted by Gasteiger charge is -2.38. The summed E-state index contributed by atoms with van der Waals surface area (Å²) in [6.45, 7) is 3.01. The second kappa shape index (κ2) is 5.52. The maximum absolute atomic E-state index is 13.5. The summed E-state index contributed by atoms with van der Waals surface area (Å²) in [5, 5.41) is 5.31. The summed E-state index contributed by atoms with van der Waals surface area (Å²) in [6.07, 6.45) is 0. The molecule has 0 aromatic heterocycles. The molecule has 4 nitrogen and oxygen atoms in total. The zero-order chi connectivity index (χ0) is 14.0. The average Bonchev–Trinajstić information content (AvgIpc) is 2.31. The maximum Gasteiger partial charge on any atom is 0.250 e. The molecule has 0 unspecified atom stereocenters. The van der Waals surface area contributed by atoms with Crippen LogP contribution in [0, 0.1) is 11.6 Å². The van der Waals surface area contributed by atoms with E-state index in [1.165, 1.54) is 0 Å². The molecule has 1 heterocycles. The van der Waals surface area contributed by atoms with Crippen LogP contribution in [0.5, 0.6) is 0 Å². The number of nitrogens with one attached hydrogen (secondary N) is 2. The second-order valence-corrected chi connectivity index (χ2v) is 5.49. The van der Waals surface area contributed by atoms with Crippen molar-refractivity contribution in [2.75, 3.05) is 25.0 Å². The number of hydrogen-bond donors (Lipinski definition) is 2. The van der Waals surface area contributed by atoms with Gasteiger partial charge in [0.15, 0.2) is 0 Å². The second-order valence-electron chi connectivity index (χ2n) is 4.64. The number of benzene rings is 1. The number of anilines is 1. The Kier molecular flexibility index (Phi) is 4.17. The van der Waals surface area contributed by atoms with Crippen molar-refractivity contribution in [3.8, 4) is 0 Å². The highest BCUT2D eigenvalue weighted by Gasteiger charge is 2.33. The van der Waals surface area contributed by atoms with Gasteiger partial charge in [0.2, 0.25) is 5.91 Å². The molecule has 1 aliphatic heterocycles. The van der Waals surface area contributed by atoms with E-state index in [1.54, 1.807) is 0 Å². The Hall–Kier alpha value is -1.05. The van der Waals surface area contributed by atoms with Crippen LogP contribution in [0.25, 0.3) is 0 Å². The minimum atomic E-state index is -0.710. The number of amides is 1. The normalized spacial score (nSPS) is 16.8. The topological polar surface area (TPSA) is 50.4 Å². The fourth-order valence-electron chi connectivity index (χ4n) is 1.62. The van der Waals surface area contributed by atoms with Gasteiger partial charge in [-0.1, -0.05) is 0 Å². The molecule has 0 spiro atoms. The van der Waals surface area contributed by atoms with Crippen molar-refractivity contribution in [3.63, 3.8) is 0 Å². The number of halogens is 3. The van der Waals surface area contributed by atoms with Gasteiger partial charge in [-0.05, 0) is 28.9 Å². The van der Waals surface area contributed by atoms with Gasteiger partial charge in [0.1, 0.15) is 18.2 Å². The fourth-order valence-corrected chi connectivity index (χ4v) is 1.94. The van der Waals surface area contributed by atoms with Crippen LogP contribution >= 0.6 is 15.9 Å². The summed E-state index contributed by atoms with van der Waals surface area (Å²) < 4.78 is 32.1. The lowest BCUT2D eigenvalue weighted by Crippen LogP contribution is -2.59. The van der Waals surface area contributed by atoms with Crippen LogP contribution in [0.3, 0.4) is 0 Å². The van der Waals surface area contributed by atoms with Crippen molar-refractivity contribution in [2.24, 2.45) is 0 Å². The monoisotopic (exact) mass is 334 g/mol. The van der Waals surface area contributed by atoms with E-state index in [9.17, 15) is 13.6 Å². The van der Waals surface area contributed by atoms with E-state index in [4.69, 9.17) is 4.74 Å². The first kappa shape index (κ1) is 14.4. The summed E-state index contributed by atoms with van der Waals surface area (Å²) in [6, 6.07) is 1.88. The van der Waals surface area contributed by atoms with E-state index in [0.29, 0.717) is 13.1 Å². The van der Waals surface area contributed by atoms with Crippen LogP contribution in [0.4, 0.5) is 14.5 Å².